The molecule has 1 aliphatic rings. The van der Waals surface area contributed by atoms with E-state index >= 15 is 0 Å². The summed E-state index contributed by atoms with van der Waals surface area (Å²) in [6, 6.07) is 14.2. The molecule has 0 saturated carbocycles. The highest BCUT2D eigenvalue weighted by atomic mass is 16.5. The first kappa shape index (κ1) is 11.7. The second-order valence-corrected chi connectivity index (χ2v) is 4.59. The van der Waals surface area contributed by atoms with Gasteiger partial charge in [0.15, 0.2) is 5.78 Å². The van der Waals surface area contributed by atoms with E-state index in [2.05, 4.69) is 0 Å². The van der Waals surface area contributed by atoms with Crippen molar-refractivity contribution in [2.45, 2.75) is 12.8 Å². The van der Waals surface area contributed by atoms with Gasteiger partial charge in [-0.05, 0) is 25.1 Å². The first-order chi connectivity index (χ1) is 9.16. The Hall–Kier alpha value is -2.42. The van der Waals surface area contributed by atoms with Crippen molar-refractivity contribution >= 4 is 11.8 Å². The van der Waals surface area contributed by atoms with E-state index in [4.69, 9.17) is 4.74 Å². The van der Waals surface area contributed by atoms with E-state index in [1.54, 1.807) is 37.3 Å². The van der Waals surface area contributed by atoms with Crippen LogP contribution in [-0.2, 0) is 4.79 Å². The van der Waals surface area contributed by atoms with E-state index in [-0.39, 0.29) is 17.7 Å². The molecule has 0 fully saturated rings. The quantitative estimate of drug-likeness (QED) is 0.469. The molecule has 3 nitrogen and oxygen atoms in total. The third kappa shape index (κ3) is 1.93. The third-order valence-electron chi connectivity index (χ3n) is 3.34. The molecule has 0 aromatic heterocycles. The molecule has 1 heterocycles. The minimum Gasteiger partial charge on any atom is -0.426 e. The Bertz CT molecular complexity index is 659. The van der Waals surface area contributed by atoms with E-state index in [1.165, 1.54) is 0 Å². The van der Waals surface area contributed by atoms with Crippen LogP contribution in [-0.4, -0.2) is 11.8 Å². The summed E-state index contributed by atoms with van der Waals surface area (Å²) in [5.41, 5.74) is 2.00. The number of fused-ring (bicyclic) bond motifs is 1. The molecule has 2 aromatic carbocycles. The van der Waals surface area contributed by atoms with E-state index in [1.807, 2.05) is 18.2 Å². The highest BCUT2D eigenvalue weighted by molar-refractivity contribution is 6.09. The van der Waals surface area contributed by atoms with Gasteiger partial charge in [0.1, 0.15) is 5.75 Å². The first-order valence-electron chi connectivity index (χ1n) is 6.12. The normalized spacial score (nSPS) is 16.9. The van der Waals surface area contributed by atoms with Gasteiger partial charge in [-0.15, -0.1) is 0 Å². The first-order valence-corrected chi connectivity index (χ1v) is 6.12. The third-order valence-corrected chi connectivity index (χ3v) is 3.34. The van der Waals surface area contributed by atoms with E-state index in [0.29, 0.717) is 16.9 Å². The summed E-state index contributed by atoms with van der Waals surface area (Å²) in [6.07, 6.45) is 0. The monoisotopic (exact) mass is 252 g/mol. The van der Waals surface area contributed by atoms with Crippen LogP contribution < -0.4 is 4.74 Å². The molecule has 0 saturated heterocycles. The maximum absolute atomic E-state index is 12.3. The Labute approximate surface area is 110 Å². The van der Waals surface area contributed by atoms with Crippen LogP contribution >= 0.6 is 0 Å². The molecule has 1 atom stereocenters. The average molecular weight is 252 g/mol. The second-order valence-electron chi connectivity index (χ2n) is 4.59. The predicted molar refractivity (Wildman–Crippen MR) is 70.4 cm³/mol. The predicted octanol–water partition coefficient (Wildman–Crippen LogP) is 2.94. The van der Waals surface area contributed by atoms with Gasteiger partial charge in [0, 0.05) is 16.7 Å². The molecular weight excluding hydrogens is 240 g/mol. The van der Waals surface area contributed by atoms with Crippen LogP contribution in [0.4, 0.5) is 0 Å². The largest absolute Gasteiger partial charge is 0.426 e. The lowest BCUT2D eigenvalue weighted by Crippen LogP contribution is -2.06. The van der Waals surface area contributed by atoms with Gasteiger partial charge in [-0.25, -0.2) is 0 Å². The van der Waals surface area contributed by atoms with Crippen molar-refractivity contribution < 1.29 is 14.3 Å². The van der Waals surface area contributed by atoms with Crippen LogP contribution in [0.1, 0.15) is 34.3 Å². The van der Waals surface area contributed by atoms with Crippen LogP contribution in [0, 0.1) is 0 Å². The molecule has 0 amide bonds. The summed E-state index contributed by atoms with van der Waals surface area (Å²) in [7, 11) is 0. The van der Waals surface area contributed by atoms with Crippen molar-refractivity contribution in [3.05, 3.63) is 65.2 Å². The van der Waals surface area contributed by atoms with E-state index < -0.39 is 0 Å². The zero-order chi connectivity index (χ0) is 13.4. The standard InChI is InChI=1S/C16H12O3/c1-10-13-9-12(7-8-14(13)19-16(10)18)15(17)11-5-3-2-4-6-11/h2-10H,1H3/t10-/m0/s1. The number of ether oxygens (including phenoxy) is 1. The molecule has 3 rings (SSSR count). The van der Waals surface area contributed by atoms with Crippen molar-refractivity contribution in [1.82, 2.24) is 0 Å². The average Bonchev–Trinajstić information content (AvgIpc) is 2.74. The molecule has 0 bridgehead atoms. The number of rotatable bonds is 2. The van der Waals surface area contributed by atoms with Crippen LogP contribution in [0.5, 0.6) is 5.75 Å². The van der Waals surface area contributed by atoms with Gasteiger partial charge in [-0.2, -0.15) is 0 Å². The second kappa shape index (κ2) is 4.35. The summed E-state index contributed by atoms with van der Waals surface area (Å²) >= 11 is 0. The molecule has 1 aliphatic heterocycles. The molecule has 0 aliphatic carbocycles. The fourth-order valence-corrected chi connectivity index (χ4v) is 2.20. The lowest BCUT2D eigenvalue weighted by molar-refractivity contribution is -0.133. The Morgan fingerprint density at radius 3 is 2.53 bits per heavy atom. The van der Waals surface area contributed by atoms with Gasteiger partial charge in [0.25, 0.3) is 0 Å². The molecule has 0 unspecified atom stereocenters. The fraction of sp³-hybridized carbons (Fsp3) is 0.125. The minimum atomic E-state index is -0.307. The number of hydrogen-bond donors (Lipinski definition) is 0. The summed E-state index contributed by atoms with van der Waals surface area (Å²) in [5.74, 6) is -0.0603. The smallest absolute Gasteiger partial charge is 0.318 e. The van der Waals surface area contributed by atoms with Crippen molar-refractivity contribution in [2.24, 2.45) is 0 Å². The molecule has 19 heavy (non-hydrogen) atoms. The van der Waals surface area contributed by atoms with Crippen LogP contribution in [0.3, 0.4) is 0 Å². The molecule has 0 radical (unpaired) electrons. The molecule has 94 valence electrons. The van der Waals surface area contributed by atoms with Gasteiger partial charge < -0.3 is 4.74 Å². The lowest BCUT2D eigenvalue weighted by Gasteiger charge is -2.04. The number of benzene rings is 2. The summed E-state index contributed by atoms with van der Waals surface area (Å²) in [5, 5.41) is 0. The van der Waals surface area contributed by atoms with Gasteiger partial charge in [-0.1, -0.05) is 30.3 Å². The Morgan fingerprint density at radius 1 is 1.05 bits per heavy atom. The minimum absolute atomic E-state index is 0.0463. The lowest BCUT2D eigenvalue weighted by atomic mass is 9.96. The maximum Gasteiger partial charge on any atom is 0.318 e. The molecule has 3 heteroatoms. The van der Waals surface area contributed by atoms with Crippen molar-refractivity contribution in [1.29, 1.82) is 0 Å². The van der Waals surface area contributed by atoms with Crippen molar-refractivity contribution in [3.63, 3.8) is 0 Å². The Balaban J connectivity index is 2.00. The number of hydrogen-bond acceptors (Lipinski definition) is 3. The molecule has 0 spiro atoms. The number of carbonyl (C=O) groups is 2. The zero-order valence-electron chi connectivity index (χ0n) is 10.4. The van der Waals surface area contributed by atoms with Gasteiger partial charge >= 0.3 is 5.97 Å². The number of ketones is 1. The number of carbonyl (C=O) groups excluding carboxylic acids is 2. The molecular formula is C16H12O3. The van der Waals surface area contributed by atoms with Gasteiger partial charge in [0.05, 0.1) is 5.92 Å². The SMILES string of the molecule is C[C@@H]1C(=O)Oc2ccc(C(=O)c3ccccc3)cc21. The fourth-order valence-electron chi connectivity index (χ4n) is 2.20. The number of esters is 1. The van der Waals surface area contributed by atoms with E-state index in [0.717, 1.165) is 5.56 Å². The summed E-state index contributed by atoms with van der Waals surface area (Å²) in [4.78, 5) is 23.8. The van der Waals surface area contributed by atoms with Crippen molar-refractivity contribution in [3.8, 4) is 5.75 Å². The van der Waals surface area contributed by atoms with Crippen LogP contribution in [0.15, 0.2) is 48.5 Å². The Morgan fingerprint density at radius 2 is 1.79 bits per heavy atom. The van der Waals surface area contributed by atoms with Gasteiger partial charge in [0.2, 0.25) is 0 Å². The zero-order valence-corrected chi connectivity index (χ0v) is 10.4. The van der Waals surface area contributed by atoms with Crippen LogP contribution in [0.2, 0.25) is 0 Å². The maximum atomic E-state index is 12.3. The van der Waals surface area contributed by atoms with Crippen LogP contribution in [0.25, 0.3) is 0 Å². The molecule has 0 N–H and O–H groups in total. The van der Waals surface area contributed by atoms with E-state index in [9.17, 15) is 9.59 Å². The summed E-state index contributed by atoms with van der Waals surface area (Å²) < 4.78 is 5.11. The Kier molecular flexibility index (Phi) is 2.67. The highest BCUT2D eigenvalue weighted by Crippen LogP contribution is 2.35. The van der Waals surface area contributed by atoms with Crippen molar-refractivity contribution in [2.75, 3.05) is 0 Å². The highest BCUT2D eigenvalue weighted by Gasteiger charge is 2.29. The topological polar surface area (TPSA) is 43.4 Å². The summed E-state index contributed by atoms with van der Waals surface area (Å²) in [6.45, 7) is 1.78. The van der Waals surface area contributed by atoms with Gasteiger partial charge in [-0.3, -0.25) is 9.59 Å². The molecule has 2 aromatic rings.